The fourth-order valence-corrected chi connectivity index (χ4v) is 4.36. The van der Waals surface area contributed by atoms with Crippen LogP contribution in [0.3, 0.4) is 0 Å². The Morgan fingerprint density at radius 1 is 1.13 bits per heavy atom. The van der Waals surface area contributed by atoms with E-state index in [2.05, 4.69) is 28.3 Å². The number of carbonyl (C=O) groups is 1. The van der Waals surface area contributed by atoms with E-state index in [0.29, 0.717) is 22.8 Å². The first kappa shape index (κ1) is 20.5. The zero-order valence-electron chi connectivity index (χ0n) is 17.6. The second kappa shape index (κ2) is 8.92. The molecule has 0 unspecified atom stereocenters. The van der Waals surface area contributed by atoms with Crippen LogP contribution < -0.4 is 5.32 Å². The zero-order chi connectivity index (χ0) is 21.1. The van der Waals surface area contributed by atoms with Crippen molar-refractivity contribution < 1.29 is 9.18 Å². The Labute approximate surface area is 177 Å². The highest BCUT2D eigenvalue weighted by atomic mass is 19.1. The van der Waals surface area contributed by atoms with E-state index in [1.807, 2.05) is 18.2 Å². The Morgan fingerprint density at radius 2 is 1.90 bits per heavy atom. The summed E-state index contributed by atoms with van der Waals surface area (Å²) in [7, 11) is 2.17. The molecule has 0 atom stereocenters. The van der Waals surface area contributed by atoms with E-state index < -0.39 is 0 Å². The monoisotopic (exact) mass is 405 g/mol. The number of halogens is 1. The van der Waals surface area contributed by atoms with Crippen molar-refractivity contribution in [2.24, 2.45) is 0 Å². The minimum absolute atomic E-state index is 0.195. The van der Waals surface area contributed by atoms with Crippen LogP contribution in [0.15, 0.2) is 48.5 Å². The van der Waals surface area contributed by atoms with Gasteiger partial charge in [-0.2, -0.15) is 0 Å². The molecule has 30 heavy (non-hydrogen) atoms. The van der Waals surface area contributed by atoms with Crippen molar-refractivity contribution in [2.75, 3.05) is 12.4 Å². The molecule has 0 radical (unpaired) electrons. The Bertz CT molecular complexity index is 1060. The van der Waals surface area contributed by atoms with Crippen molar-refractivity contribution in [1.29, 1.82) is 0 Å². The van der Waals surface area contributed by atoms with E-state index >= 15 is 0 Å². The molecule has 0 bridgehead atoms. The third-order valence-corrected chi connectivity index (χ3v) is 6.10. The van der Waals surface area contributed by atoms with Crippen LogP contribution in [0.5, 0.6) is 0 Å². The number of benzene rings is 2. The number of pyridine rings is 1. The molecule has 5 heteroatoms. The molecule has 1 aliphatic carbocycles. The second-order valence-corrected chi connectivity index (χ2v) is 8.28. The summed E-state index contributed by atoms with van der Waals surface area (Å²) in [5.41, 5.74) is 3.57. The van der Waals surface area contributed by atoms with Crippen molar-refractivity contribution in [3.63, 3.8) is 0 Å². The molecule has 4 rings (SSSR count). The van der Waals surface area contributed by atoms with E-state index in [0.717, 1.165) is 23.2 Å². The van der Waals surface area contributed by atoms with Gasteiger partial charge >= 0.3 is 0 Å². The fourth-order valence-electron chi connectivity index (χ4n) is 4.36. The number of nitrogens with zero attached hydrogens (tertiary/aromatic N) is 2. The summed E-state index contributed by atoms with van der Waals surface area (Å²) < 4.78 is 13.5. The number of hydrogen-bond acceptors (Lipinski definition) is 3. The molecule has 1 amide bonds. The molecule has 1 saturated carbocycles. The van der Waals surface area contributed by atoms with Crippen molar-refractivity contribution in [2.45, 2.75) is 51.6 Å². The van der Waals surface area contributed by atoms with Crippen LogP contribution in [-0.4, -0.2) is 28.9 Å². The Morgan fingerprint density at radius 3 is 2.70 bits per heavy atom. The summed E-state index contributed by atoms with van der Waals surface area (Å²) in [5, 5.41) is 3.82. The number of fused-ring (bicyclic) bond motifs is 1. The molecule has 0 aliphatic heterocycles. The van der Waals surface area contributed by atoms with Gasteiger partial charge in [0.2, 0.25) is 0 Å². The summed E-state index contributed by atoms with van der Waals surface area (Å²) >= 11 is 0. The zero-order valence-corrected chi connectivity index (χ0v) is 17.6. The Balaban J connectivity index is 1.54. The van der Waals surface area contributed by atoms with Crippen LogP contribution in [0, 0.1) is 12.7 Å². The lowest BCUT2D eigenvalue weighted by Gasteiger charge is -2.31. The molecular weight excluding hydrogens is 377 g/mol. The van der Waals surface area contributed by atoms with Gasteiger partial charge in [-0.15, -0.1) is 0 Å². The normalized spacial score (nSPS) is 14.9. The largest absolute Gasteiger partial charge is 0.322 e. The topological polar surface area (TPSA) is 45.2 Å². The minimum Gasteiger partial charge on any atom is -0.322 e. The van der Waals surface area contributed by atoms with E-state index in [1.165, 1.54) is 44.2 Å². The molecule has 156 valence electrons. The lowest BCUT2D eigenvalue weighted by molar-refractivity contribution is 0.102. The number of rotatable bonds is 5. The second-order valence-electron chi connectivity index (χ2n) is 8.28. The number of anilines is 1. The van der Waals surface area contributed by atoms with Crippen LogP contribution in [0.1, 0.15) is 53.7 Å². The van der Waals surface area contributed by atoms with Gasteiger partial charge in [-0.1, -0.05) is 37.5 Å². The average Bonchev–Trinajstić information content (AvgIpc) is 2.75. The third kappa shape index (κ3) is 4.51. The van der Waals surface area contributed by atoms with Gasteiger partial charge < -0.3 is 5.32 Å². The molecule has 0 saturated heterocycles. The van der Waals surface area contributed by atoms with Gasteiger partial charge in [0.1, 0.15) is 5.82 Å². The minimum atomic E-state index is -0.331. The SMILES string of the molecule is Cc1nc2cc(F)ccc2cc1C(=O)Nc1ccccc1CN(C)C1CCCCC1. The molecule has 4 nitrogen and oxygen atoms in total. The predicted molar refractivity (Wildman–Crippen MR) is 119 cm³/mol. The van der Waals surface area contributed by atoms with Crippen LogP contribution in [0.25, 0.3) is 10.9 Å². The van der Waals surface area contributed by atoms with Crippen molar-refractivity contribution >= 4 is 22.5 Å². The first-order valence-corrected chi connectivity index (χ1v) is 10.7. The lowest BCUT2D eigenvalue weighted by atomic mass is 9.94. The van der Waals surface area contributed by atoms with Gasteiger partial charge in [-0.3, -0.25) is 14.7 Å². The third-order valence-electron chi connectivity index (χ3n) is 6.10. The smallest absolute Gasteiger partial charge is 0.257 e. The molecular formula is C25H28FN3O. The molecule has 1 N–H and O–H groups in total. The van der Waals surface area contributed by atoms with Crippen molar-refractivity contribution in [1.82, 2.24) is 9.88 Å². The standard InChI is InChI=1S/C25H28FN3O/c1-17-22(14-18-12-13-20(26)15-24(18)27-17)25(30)28-23-11-7-6-8-19(23)16-29(2)21-9-4-3-5-10-21/h6-8,11-15,21H,3-5,9-10,16H2,1-2H3,(H,28,30). The number of nitrogens with one attached hydrogen (secondary N) is 1. The maximum absolute atomic E-state index is 13.5. The first-order valence-electron chi connectivity index (χ1n) is 10.7. The van der Waals surface area contributed by atoms with E-state index in [4.69, 9.17) is 0 Å². The summed E-state index contributed by atoms with van der Waals surface area (Å²) in [6.07, 6.45) is 6.42. The number of carbonyl (C=O) groups excluding carboxylic acids is 1. The molecule has 0 spiro atoms. The summed E-state index contributed by atoms with van der Waals surface area (Å²) in [6.45, 7) is 2.58. The number of aromatic nitrogens is 1. The summed E-state index contributed by atoms with van der Waals surface area (Å²) in [6, 6.07) is 14.8. The van der Waals surface area contributed by atoms with Crippen LogP contribution in [0.4, 0.5) is 10.1 Å². The Hall–Kier alpha value is -2.79. The first-order chi connectivity index (χ1) is 14.5. The van der Waals surface area contributed by atoms with Gasteiger partial charge in [0.05, 0.1) is 16.8 Å². The van der Waals surface area contributed by atoms with Crippen molar-refractivity contribution in [3.05, 3.63) is 71.2 Å². The maximum Gasteiger partial charge on any atom is 0.257 e. The average molecular weight is 406 g/mol. The number of aryl methyl sites for hydroxylation is 1. The molecule has 1 aromatic heterocycles. The van der Waals surface area contributed by atoms with Gasteiger partial charge in [0.15, 0.2) is 0 Å². The van der Waals surface area contributed by atoms with Crippen molar-refractivity contribution in [3.8, 4) is 0 Å². The van der Waals surface area contributed by atoms with Crippen LogP contribution >= 0.6 is 0 Å². The highest BCUT2D eigenvalue weighted by Gasteiger charge is 2.20. The number of hydrogen-bond donors (Lipinski definition) is 1. The van der Waals surface area contributed by atoms with E-state index in [9.17, 15) is 9.18 Å². The molecule has 1 fully saturated rings. The highest BCUT2D eigenvalue weighted by Crippen LogP contribution is 2.26. The van der Waals surface area contributed by atoms with Gasteiger partial charge in [-0.05, 0) is 56.6 Å². The lowest BCUT2D eigenvalue weighted by Crippen LogP contribution is -2.33. The summed E-state index contributed by atoms with van der Waals surface area (Å²) in [5.74, 6) is -0.526. The molecule has 1 aliphatic rings. The molecule has 1 heterocycles. The maximum atomic E-state index is 13.5. The number of para-hydroxylation sites is 1. The quantitative estimate of drug-likeness (QED) is 0.592. The molecule has 3 aromatic rings. The van der Waals surface area contributed by atoms with Gasteiger partial charge in [0, 0.05) is 29.7 Å². The van der Waals surface area contributed by atoms with E-state index in [1.54, 1.807) is 19.1 Å². The predicted octanol–water partition coefficient (Wildman–Crippen LogP) is 5.70. The van der Waals surface area contributed by atoms with E-state index in [-0.39, 0.29) is 11.7 Å². The summed E-state index contributed by atoms with van der Waals surface area (Å²) in [4.78, 5) is 19.9. The van der Waals surface area contributed by atoms with Gasteiger partial charge in [-0.25, -0.2) is 4.39 Å². The number of amides is 1. The molecule has 2 aromatic carbocycles. The van der Waals surface area contributed by atoms with Gasteiger partial charge in [0.25, 0.3) is 5.91 Å². The van der Waals surface area contributed by atoms with Crippen LogP contribution in [0.2, 0.25) is 0 Å². The fraction of sp³-hybridized carbons (Fsp3) is 0.360. The Kier molecular flexibility index (Phi) is 6.09. The van der Waals surface area contributed by atoms with Crippen LogP contribution in [-0.2, 0) is 6.54 Å². The highest BCUT2D eigenvalue weighted by molar-refractivity contribution is 6.07.